The molecule has 2 atom stereocenters. The fourth-order valence-corrected chi connectivity index (χ4v) is 4.93. The van der Waals surface area contributed by atoms with E-state index in [0.29, 0.717) is 0 Å². The fourth-order valence-electron chi connectivity index (χ4n) is 4.21. The Hall–Kier alpha value is -3.25. The number of hydrogen-bond acceptors (Lipinski definition) is 5. The molecular weight excluding hydrogens is 402 g/mol. The van der Waals surface area contributed by atoms with Crippen molar-refractivity contribution in [1.82, 2.24) is 19.7 Å². The molecule has 156 valence electrons. The molecule has 2 aromatic heterocycles. The zero-order valence-electron chi connectivity index (χ0n) is 17.9. The Bertz CT molecular complexity index is 1280. The predicted molar refractivity (Wildman–Crippen MR) is 129 cm³/mol. The molecule has 0 spiro atoms. The minimum atomic E-state index is 0.0543. The number of aliphatic imine (C=N–C) groups is 1. The summed E-state index contributed by atoms with van der Waals surface area (Å²) < 4.78 is 3.17. The summed E-state index contributed by atoms with van der Waals surface area (Å²) in [5.74, 6) is 0. The van der Waals surface area contributed by atoms with Gasteiger partial charge in [-0.25, -0.2) is 4.98 Å². The smallest absolute Gasteiger partial charge is 0.118 e. The summed E-state index contributed by atoms with van der Waals surface area (Å²) in [6.45, 7) is 7.38. The van der Waals surface area contributed by atoms with Crippen LogP contribution < -0.4 is 0 Å². The van der Waals surface area contributed by atoms with Crippen molar-refractivity contribution in [1.29, 1.82) is 0 Å². The first-order chi connectivity index (χ1) is 15.1. The van der Waals surface area contributed by atoms with Crippen molar-refractivity contribution in [2.45, 2.75) is 39.5 Å². The molecule has 1 aliphatic rings. The van der Waals surface area contributed by atoms with Gasteiger partial charge in [0.25, 0.3) is 0 Å². The van der Waals surface area contributed by atoms with Crippen molar-refractivity contribution in [2.24, 2.45) is 4.99 Å². The highest BCUT2D eigenvalue weighted by atomic mass is 32.1. The van der Waals surface area contributed by atoms with E-state index in [9.17, 15) is 0 Å². The van der Waals surface area contributed by atoms with Crippen molar-refractivity contribution >= 4 is 33.5 Å². The molecule has 0 fully saturated rings. The van der Waals surface area contributed by atoms with E-state index in [1.165, 1.54) is 27.1 Å². The Morgan fingerprint density at radius 2 is 2.00 bits per heavy atom. The molecule has 5 nitrogen and oxygen atoms in total. The quantitative estimate of drug-likeness (QED) is 0.392. The summed E-state index contributed by atoms with van der Waals surface area (Å²) in [6.07, 6.45) is 8.14. The second-order valence-electron chi connectivity index (χ2n) is 7.81. The third-order valence-corrected chi connectivity index (χ3v) is 6.71. The van der Waals surface area contributed by atoms with Gasteiger partial charge in [-0.2, -0.15) is 5.10 Å². The van der Waals surface area contributed by atoms with Gasteiger partial charge in [-0.05, 0) is 61.7 Å². The van der Waals surface area contributed by atoms with Gasteiger partial charge in [0.05, 0.1) is 28.0 Å². The van der Waals surface area contributed by atoms with Crippen molar-refractivity contribution in [3.05, 3.63) is 77.6 Å². The number of hydrogen-bond donors (Lipinski definition) is 0. The Morgan fingerprint density at radius 3 is 2.84 bits per heavy atom. The van der Waals surface area contributed by atoms with Gasteiger partial charge >= 0.3 is 0 Å². The highest BCUT2D eigenvalue weighted by Gasteiger charge is 2.26. The third kappa shape index (κ3) is 3.68. The second-order valence-corrected chi connectivity index (χ2v) is 8.70. The van der Waals surface area contributed by atoms with Crippen LogP contribution in [0, 0.1) is 0 Å². The van der Waals surface area contributed by atoms with Crippen LogP contribution in [0.1, 0.15) is 37.9 Å². The van der Waals surface area contributed by atoms with E-state index in [1.54, 1.807) is 11.3 Å². The maximum absolute atomic E-state index is 4.68. The van der Waals surface area contributed by atoms with E-state index in [4.69, 9.17) is 0 Å². The third-order valence-electron chi connectivity index (χ3n) is 5.92. The van der Waals surface area contributed by atoms with Crippen molar-refractivity contribution in [3.8, 4) is 11.1 Å². The van der Waals surface area contributed by atoms with Crippen LogP contribution in [0.4, 0.5) is 0 Å². The standard InChI is InChI=1S/C25H25N5S/c1-4-29-15-22(14-28-29)20-7-5-6-19(12-20)17(2)30-18(3)26-11-10-24(30)21-8-9-23-25(13-21)31-16-27-23/h5-18H,4H2,1-3H3/t17-,18?/m0/s1. The first-order valence-corrected chi connectivity index (χ1v) is 11.5. The molecule has 0 aliphatic carbocycles. The minimum absolute atomic E-state index is 0.0543. The Kier molecular flexibility index (Phi) is 5.16. The second kappa shape index (κ2) is 8.12. The molecule has 0 saturated carbocycles. The first-order valence-electron chi connectivity index (χ1n) is 10.6. The first kappa shape index (κ1) is 19.7. The van der Waals surface area contributed by atoms with Gasteiger partial charge in [0.1, 0.15) is 6.17 Å². The number of aromatic nitrogens is 3. The zero-order valence-corrected chi connectivity index (χ0v) is 18.8. The normalized spacial score (nSPS) is 17.2. The Labute approximate surface area is 186 Å². The average molecular weight is 428 g/mol. The number of fused-ring (bicyclic) bond motifs is 1. The number of aryl methyl sites for hydroxylation is 1. The SMILES string of the molecule is CCn1cc(-c2cccc([C@H](C)N3C(c4ccc5ncsc5c4)=CC=NC3C)c2)cn1. The monoisotopic (exact) mass is 427 g/mol. The molecule has 1 unspecified atom stereocenters. The number of rotatable bonds is 5. The number of benzene rings is 2. The van der Waals surface area contributed by atoms with Crippen LogP contribution in [-0.4, -0.2) is 32.0 Å². The van der Waals surface area contributed by atoms with Crippen LogP contribution in [0.3, 0.4) is 0 Å². The summed E-state index contributed by atoms with van der Waals surface area (Å²) in [5, 5.41) is 4.43. The lowest BCUT2D eigenvalue weighted by atomic mass is 9.98. The molecular formula is C25H25N5S. The lowest BCUT2D eigenvalue weighted by molar-refractivity contribution is 0.252. The van der Waals surface area contributed by atoms with Gasteiger partial charge in [-0.15, -0.1) is 11.3 Å². The van der Waals surface area contributed by atoms with Crippen LogP contribution in [0.5, 0.6) is 0 Å². The molecule has 0 saturated heterocycles. The van der Waals surface area contributed by atoms with Gasteiger partial charge in [0.15, 0.2) is 0 Å². The van der Waals surface area contributed by atoms with Gasteiger partial charge in [-0.1, -0.05) is 24.3 Å². The maximum atomic E-state index is 4.68. The van der Waals surface area contributed by atoms with Crippen molar-refractivity contribution in [3.63, 3.8) is 0 Å². The Morgan fingerprint density at radius 1 is 1.10 bits per heavy atom. The van der Waals surface area contributed by atoms with Gasteiger partial charge in [0, 0.05) is 30.2 Å². The molecule has 2 aromatic carbocycles. The molecule has 5 rings (SSSR count). The summed E-state index contributed by atoms with van der Waals surface area (Å²) in [5.41, 5.74) is 8.93. The molecule has 1 aliphatic heterocycles. The van der Waals surface area contributed by atoms with E-state index in [0.717, 1.165) is 17.6 Å². The molecule has 0 radical (unpaired) electrons. The van der Waals surface area contributed by atoms with E-state index in [1.807, 2.05) is 22.6 Å². The van der Waals surface area contributed by atoms with E-state index >= 15 is 0 Å². The topological polar surface area (TPSA) is 46.3 Å². The summed E-state index contributed by atoms with van der Waals surface area (Å²) in [6, 6.07) is 15.4. The molecule has 0 bridgehead atoms. The van der Waals surface area contributed by atoms with Gasteiger partial charge in [0.2, 0.25) is 0 Å². The van der Waals surface area contributed by atoms with Crippen LogP contribution in [0.15, 0.2) is 71.4 Å². The van der Waals surface area contributed by atoms with Crippen LogP contribution in [0.25, 0.3) is 27.0 Å². The van der Waals surface area contributed by atoms with Gasteiger partial charge < -0.3 is 4.90 Å². The average Bonchev–Trinajstić information content (AvgIpc) is 3.47. The molecule has 31 heavy (non-hydrogen) atoms. The molecule has 0 N–H and O–H groups in total. The molecule has 3 heterocycles. The van der Waals surface area contributed by atoms with Gasteiger partial charge in [-0.3, -0.25) is 9.67 Å². The van der Waals surface area contributed by atoms with Crippen molar-refractivity contribution in [2.75, 3.05) is 0 Å². The zero-order chi connectivity index (χ0) is 21.4. The number of thiazole rings is 1. The molecule has 6 heteroatoms. The predicted octanol–water partition coefficient (Wildman–Crippen LogP) is 6.01. The number of allylic oxidation sites excluding steroid dienone is 1. The highest BCUT2D eigenvalue weighted by Crippen LogP contribution is 2.36. The minimum Gasteiger partial charge on any atom is -0.343 e. The van der Waals surface area contributed by atoms with Crippen LogP contribution >= 0.6 is 11.3 Å². The Balaban J connectivity index is 1.50. The largest absolute Gasteiger partial charge is 0.343 e. The van der Waals surface area contributed by atoms with Crippen LogP contribution in [0.2, 0.25) is 0 Å². The van der Waals surface area contributed by atoms with Crippen LogP contribution in [-0.2, 0) is 6.54 Å². The molecule has 4 aromatic rings. The summed E-state index contributed by atoms with van der Waals surface area (Å²) in [7, 11) is 0. The molecule has 0 amide bonds. The summed E-state index contributed by atoms with van der Waals surface area (Å²) >= 11 is 1.68. The van der Waals surface area contributed by atoms with E-state index in [-0.39, 0.29) is 12.2 Å². The lowest BCUT2D eigenvalue weighted by Gasteiger charge is -2.38. The highest BCUT2D eigenvalue weighted by molar-refractivity contribution is 7.16. The fraction of sp³-hybridized carbons (Fsp3) is 0.240. The summed E-state index contributed by atoms with van der Waals surface area (Å²) in [4.78, 5) is 11.5. The number of nitrogens with zero attached hydrogens (tertiary/aromatic N) is 5. The van der Waals surface area contributed by atoms with E-state index in [2.05, 4.69) is 95.5 Å². The van der Waals surface area contributed by atoms with Crippen molar-refractivity contribution < 1.29 is 0 Å². The van der Waals surface area contributed by atoms with E-state index < -0.39 is 0 Å². The lowest BCUT2D eigenvalue weighted by Crippen LogP contribution is -2.34. The maximum Gasteiger partial charge on any atom is 0.118 e.